The van der Waals surface area contributed by atoms with Gasteiger partial charge in [0.25, 0.3) is 5.91 Å². The van der Waals surface area contributed by atoms with Gasteiger partial charge in [0.1, 0.15) is 16.0 Å². The topological polar surface area (TPSA) is 100 Å². The van der Waals surface area contributed by atoms with Crippen LogP contribution in [0.1, 0.15) is 44.9 Å². The van der Waals surface area contributed by atoms with E-state index in [0.29, 0.717) is 16.0 Å². The minimum absolute atomic E-state index is 0.115. The van der Waals surface area contributed by atoms with Gasteiger partial charge >= 0.3 is 11.9 Å². The number of hydrogen-bond donors (Lipinski definition) is 1. The molecule has 0 bridgehead atoms. The molecule has 0 aromatic heterocycles. The first-order valence-electron chi connectivity index (χ1n) is 9.06. The van der Waals surface area contributed by atoms with E-state index in [1.807, 2.05) is 0 Å². The molecule has 2 aromatic carbocycles. The lowest BCUT2D eigenvalue weighted by Gasteiger charge is -2.13. The number of ether oxygens (including phenoxy) is 4. The van der Waals surface area contributed by atoms with Crippen molar-refractivity contribution in [1.82, 2.24) is 0 Å². The van der Waals surface area contributed by atoms with Gasteiger partial charge in [0.15, 0.2) is 0 Å². The first kappa shape index (κ1) is 23.2. The maximum atomic E-state index is 12.8. The molecule has 1 N–H and O–H groups in total. The van der Waals surface area contributed by atoms with Gasteiger partial charge < -0.3 is 24.3 Å². The highest BCUT2D eigenvalue weighted by Gasteiger charge is 2.18. The highest BCUT2D eigenvalue weighted by atomic mass is 79.9. The monoisotopic (exact) mass is 479 g/mol. The van der Waals surface area contributed by atoms with Crippen molar-refractivity contribution in [2.24, 2.45) is 0 Å². The van der Waals surface area contributed by atoms with E-state index in [1.54, 1.807) is 13.8 Å². The molecule has 0 aliphatic rings. The van der Waals surface area contributed by atoms with E-state index >= 15 is 0 Å². The number of anilines is 1. The fourth-order valence-electron chi connectivity index (χ4n) is 2.57. The highest BCUT2D eigenvalue weighted by Crippen LogP contribution is 2.35. The van der Waals surface area contributed by atoms with E-state index in [-0.39, 0.29) is 35.6 Å². The second-order valence-corrected chi connectivity index (χ2v) is 6.68. The number of halogens is 1. The quantitative estimate of drug-likeness (QED) is 0.569. The van der Waals surface area contributed by atoms with E-state index in [9.17, 15) is 14.4 Å². The van der Waals surface area contributed by atoms with Crippen LogP contribution >= 0.6 is 15.9 Å². The van der Waals surface area contributed by atoms with E-state index in [0.717, 1.165) is 0 Å². The third kappa shape index (κ3) is 5.50. The van der Waals surface area contributed by atoms with Crippen LogP contribution < -0.4 is 14.8 Å². The molecular weight excluding hydrogens is 458 g/mol. The summed E-state index contributed by atoms with van der Waals surface area (Å²) in [6.07, 6.45) is 0. The Morgan fingerprint density at radius 1 is 0.800 bits per heavy atom. The molecule has 0 spiro atoms. The van der Waals surface area contributed by atoms with Crippen LogP contribution in [0.2, 0.25) is 0 Å². The van der Waals surface area contributed by atoms with Gasteiger partial charge in [-0.15, -0.1) is 0 Å². The predicted molar refractivity (Wildman–Crippen MR) is 114 cm³/mol. The summed E-state index contributed by atoms with van der Waals surface area (Å²) < 4.78 is 21.1. The molecule has 160 valence electrons. The van der Waals surface area contributed by atoms with Crippen molar-refractivity contribution in [2.75, 3.05) is 32.8 Å². The second-order valence-electron chi connectivity index (χ2n) is 5.89. The number of carbonyl (C=O) groups is 3. The van der Waals surface area contributed by atoms with Crippen LogP contribution in [0.5, 0.6) is 11.5 Å². The lowest BCUT2D eigenvalue weighted by Crippen LogP contribution is -2.15. The summed E-state index contributed by atoms with van der Waals surface area (Å²) in [6.45, 7) is 3.68. The van der Waals surface area contributed by atoms with Gasteiger partial charge in [0, 0.05) is 11.3 Å². The van der Waals surface area contributed by atoms with E-state index in [4.69, 9.17) is 18.9 Å². The number of esters is 2. The smallest absolute Gasteiger partial charge is 0.338 e. The number of hydrogen-bond acceptors (Lipinski definition) is 7. The lowest BCUT2D eigenvalue weighted by molar-refractivity contribution is 0.0525. The third-order valence-corrected chi connectivity index (χ3v) is 4.70. The molecule has 0 unspecified atom stereocenters. The average Bonchev–Trinajstić information content (AvgIpc) is 2.73. The van der Waals surface area contributed by atoms with Gasteiger partial charge in [-0.05, 0) is 60.1 Å². The SMILES string of the molecule is CCOC(=O)c1cc(NC(=O)c2cc(OC)c(Br)c(OC)c2)cc(C(=O)OCC)c1. The molecule has 30 heavy (non-hydrogen) atoms. The molecule has 0 fully saturated rings. The molecule has 0 radical (unpaired) electrons. The van der Waals surface area contributed by atoms with Gasteiger partial charge in [-0.25, -0.2) is 9.59 Å². The average molecular weight is 480 g/mol. The van der Waals surface area contributed by atoms with Crippen LogP contribution in [-0.2, 0) is 9.47 Å². The van der Waals surface area contributed by atoms with E-state index in [2.05, 4.69) is 21.2 Å². The van der Waals surface area contributed by atoms with Gasteiger partial charge in [-0.3, -0.25) is 4.79 Å². The molecule has 8 nitrogen and oxygen atoms in total. The molecule has 1 amide bonds. The molecule has 2 aromatic rings. The summed E-state index contributed by atoms with van der Waals surface area (Å²) in [5.41, 5.74) is 0.716. The Labute approximate surface area is 182 Å². The standard InChI is InChI=1S/C21H22BrNO7/c1-5-29-20(25)13-7-14(21(26)30-6-2)9-15(8-13)23-19(24)12-10-16(27-3)18(22)17(11-12)28-4/h7-11H,5-6H2,1-4H3,(H,23,24). The minimum Gasteiger partial charge on any atom is -0.495 e. The van der Waals surface area contributed by atoms with Gasteiger partial charge in [0.05, 0.1) is 38.6 Å². The Kier molecular flexibility index (Phi) is 8.23. The molecule has 0 aliphatic heterocycles. The normalized spacial score (nSPS) is 10.2. The van der Waals surface area contributed by atoms with Crippen LogP contribution in [0.3, 0.4) is 0 Å². The molecule has 0 saturated carbocycles. The fourth-order valence-corrected chi connectivity index (χ4v) is 3.12. The summed E-state index contributed by atoms with van der Waals surface area (Å²) >= 11 is 3.35. The summed E-state index contributed by atoms with van der Waals surface area (Å²) in [5.74, 6) is -0.911. The number of benzene rings is 2. The molecule has 0 atom stereocenters. The van der Waals surface area contributed by atoms with E-state index < -0.39 is 17.8 Å². The van der Waals surface area contributed by atoms with Crippen molar-refractivity contribution in [1.29, 1.82) is 0 Å². The maximum Gasteiger partial charge on any atom is 0.338 e. The zero-order chi connectivity index (χ0) is 22.3. The summed E-state index contributed by atoms with van der Waals surface area (Å²) in [5, 5.41) is 2.67. The number of methoxy groups -OCH3 is 2. The molecular formula is C21H22BrNO7. The number of amides is 1. The summed E-state index contributed by atoms with van der Waals surface area (Å²) in [7, 11) is 2.94. The van der Waals surface area contributed by atoms with Crippen LogP contribution in [0.25, 0.3) is 0 Å². The lowest BCUT2D eigenvalue weighted by atomic mass is 10.1. The van der Waals surface area contributed by atoms with Crippen LogP contribution in [0.4, 0.5) is 5.69 Å². The van der Waals surface area contributed by atoms with E-state index in [1.165, 1.54) is 44.6 Å². The molecule has 0 saturated heterocycles. The Bertz CT molecular complexity index is 897. The van der Waals surface area contributed by atoms with Gasteiger partial charge in [-0.1, -0.05) is 0 Å². The summed E-state index contributed by atoms with van der Waals surface area (Å²) in [4.78, 5) is 37.1. The molecule has 0 heterocycles. The number of rotatable bonds is 8. The van der Waals surface area contributed by atoms with Crippen LogP contribution in [0.15, 0.2) is 34.8 Å². The minimum atomic E-state index is -0.619. The van der Waals surface area contributed by atoms with Gasteiger partial charge in [0.2, 0.25) is 0 Å². The van der Waals surface area contributed by atoms with Crippen molar-refractivity contribution in [3.05, 3.63) is 51.5 Å². The Hall–Kier alpha value is -3.07. The number of carbonyl (C=O) groups excluding carboxylic acids is 3. The first-order chi connectivity index (χ1) is 14.3. The first-order valence-corrected chi connectivity index (χ1v) is 9.86. The van der Waals surface area contributed by atoms with Gasteiger partial charge in [-0.2, -0.15) is 0 Å². The molecule has 9 heteroatoms. The zero-order valence-corrected chi connectivity index (χ0v) is 18.6. The fraction of sp³-hybridized carbons (Fsp3) is 0.286. The van der Waals surface area contributed by atoms with Crippen molar-refractivity contribution in [3.63, 3.8) is 0 Å². The zero-order valence-electron chi connectivity index (χ0n) is 17.0. The largest absolute Gasteiger partial charge is 0.495 e. The second kappa shape index (κ2) is 10.6. The van der Waals surface area contributed by atoms with Crippen LogP contribution in [0, 0.1) is 0 Å². The van der Waals surface area contributed by atoms with Crippen molar-refractivity contribution in [2.45, 2.75) is 13.8 Å². The van der Waals surface area contributed by atoms with Crippen molar-refractivity contribution < 1.29 is 33.3 Å². The maximum absolute atomic E-state index is 12.8. The highest BCUT2D eigenvalue weighted by molar-refractivity contribution is 9.10. The molecule has 0 aliphatic carbocycles. The molecule has 2 rings (SSSR count). The Morgan fingerprint density at radius 2 is 1.27 bits per heavy atom. The predicted octanol–water partition coefficient (Wildman–Crippen LogP) is 4.07. The summed E-state index contributed by atoms with van der Waals surface area (Å²) in [6, 6.07) is 7.27. The van der Waals surface area contributed by atoms with Crippen LogP contribution in [-0.4, -0.2) is 45.3 Å². The Morgan fingerprint density at radius 3 is 1.67 bits per heavy atom. The van der Waals surface area contributed by atoms with Crippen molar-refractivity contribution in [3.8, 4) is 11.5 Å². The van der Waals surface area contributed by atoms with Crippen molar-refractivity contribution >= 4 is 39.5 Å². The number of nitrogens with one attached hydrogen (secondary N) is 1. The third-order valence-electron chi connectivity index (χ3n) is 3.92. The Balaban J connectivity index is 2.42.